The van der Waals surface area contributed by atoms with Gasteiger partial charge in [0.25, 0.3) is 5.56 Å². The van der Waals surface area contributed by atoms with Crippen LogP contribution in [0.1, 0.15) is 20.8 Å². The third-order valence-corrected chi connectivity index (χ3v) is 2.80. The highest BCUT2D eigenvalue weighted by Crippen LogP contribution is 2.07. The molecule has 1 rings (SSSR count). The van der Waals surface area contributed by atoms with Gasteiger partial charge in [-0.2, -0.15) is 0 Å². The molecule has 0 saturated heterocycles. The molecule has 1 aromatic heterocycles. The molecule has 1 aromatic rings. The van der Waals surface area contributed by atoms with Gasteiger partial charge in [0.15, 0.2) is 0 Å². The fourth-order valence-corrected chi connectivity index (χ4v) is 1.71. The molecule has 0 atom stereocenters. The Hall–Kier alpha value is -2.12. The quantitative estimate of drug-likeness (QED) is 0.662. The van der Waals surface area contributed by atoms with Crippen molar-refractivity contribution in [1.82, 2.24) is 14.3 Å². The van der Waals surface area contributed by atoms with E-state index in [1.165, 1.54) is 19.0 Å². The van der Waals surface area contributed by atoms with E-state index in [0.717, 1.165) is 9.25 Å². The number of aromatic nitrogens is 3. The van der Waals surface area contributed by atoms with Crippen molar-refractivity contribution >= 4 is 11.8 Å². The molecule has 0 aromatic carbocycles. The number of anilines is 1. The Balaban J connectivity index is 3.27. The average Bonchev–Trinajstić information content (AvgIpc) is 2.38. The second-order valence-corrected chi connectivity index (χ2v) is 4.62. The summed E-state index contributed by atoms with van der Waals surface area (Å²) in [6.07, 6.45) is 0. The summed E-state index contributed by atoms with van der Waals surface area (Å²) in [5.41, 5.74) is -1.05. The SMILES string of the molecule is CCOC(=O)CN(c1nn(C)c(=O)n(C)c1=O)C(C)C. The monoisotopic (exact) mass is 284 g/mol. The number of hydrogen-bond donors (Lipinski definition) is 0. The first-order valence-corrected chi connectivity index (χ1v) is 6.36. The average molecular weight is 284 g/mol. The maximum absolute atomic E-state index is 12.1. The minimum absolute atomic E-state index is 0.0534. The molecular formula is C12H20N4O4. The van der Waals surface area contributed by atoms with Gasteiger partial charge < -0.3 is 9.64 Å². The van der Waals surface area contributed by atoms with Crippen molar-refractivity contribution in [3.8, 4) is 0 Å². The summed E-state index contributed by atoms with van der Waals surface area (Å²) in [5.74, 6) is -0.392. The second kappa shape index (κ2) is 6.36. The summed E-state index contributed by atoms with van der Waals surface area (Å²) >= 11 is 0. The zero-order chi connectivity index (χ0) is 15.4. The zero-order valence-electron chi connectivity index (χ0n) is 12.4. The second-order valence-electron chi connectivity index (χ2n) is 4.62. The fraction of sp³-hybridized carbons (Fsp3) is 0.667. The van der Waals surface area contributed by atoms with E-state index in [2.05, 4.69) is 5.10 Å². The van der Waals surface area contributed by atoms with Crippen LogP contribution in [0.5, 0.6) is 0 Å². The van der Waals surface area contributed by atoms with Crippen LogP contribution >= 0.6 is 0 Å². The lowest BCUT2D eigenvalue weighted by molar-refractivity contribution is -0.141. The van der Waals surface area contributed by atoms with E-state index in [4.69, 9.17) is 4.74 Å². The minimum Gasteiger partial charge on any atom is -0.465 e. The van der Waals surface area contributed by atoms with Crippen LogP contribution in [-0.2, 0) is 23.6 Å². The molecule has 0 fully saturated rings. The number of nitrogens with zero attached hydrogens (tertiary/aromatic N) is 4. The standard InChI is InChI=1S/C12H20N4O4/c1-6-20-9(17)7-16(8(2)3)10-11(18)14(4)12(19)15(5)13-10/h8H,6-7H2,1-5H3. The molecule has 0 aliphatic heterocycles. The predicted molar refractivity (Wildman–Crippen MR) is 73.8 cm³/mol. The van der Waals surface area contributed by atoms with Crippen LogP contribution in [0.4, 0.5) is 5.82 Å². The number of esters is 1. The summed E-state index contributed by atoms with van der Waals surface area (Å²) < 4.78 is 6.91. The van der Waals surface area contributed by atoms with E-state index >= 15 is 0 Å². The molecule has 1 heterocycles. The van der Waals surface area contributed by atoms with E-state index in [1.807, 2.05) is 13.8 Å². The third kappa shape index (κ3) is 3.25. The predicted octanol–water partition coefficient (Wildman–Crippen LogP) is -0.743. The summed E-state index contributed by atoms with van der Waals surface area (Å²) in [4.78, 5) is 36.9. The van der Waals surface area contributed by atoms with Crippen LogP contribution in [0.15, 0.2) is 9.59 Å². The van der Waals surface area contributed by atoms with Crippen molar-refractivity contribution in [2.75, 3.05) is 18.1 Å². The fourth-order valence-electron chi connectivity index (χ4n) is 1.71. The van der Waals surface area contributed by atoms with E-state index in [9.17, 15) is 14.4 Å². The van der Waals surface area contributed by atoms with Crippen LogP contribution < -0.4 is 16.1 Å². The van der Waals surface area contributed by atoms with Gasteiger partial charge in [-0.3, -0.25) is 14.2 Å². The van der Waals surface area contributed by atoms with Crippen LogP contribution in [0.3, 0.4) is 0 Å². The Bertz CT molecular complexity index is 602. The Morgan fingerprint density at radius 3 is 2.45 bits per heavy atom. The van der Waals surface area contributed by atoms with Crippen LogP contribution in [0, 0.1) is 0 Å². The highest BCUT2D eigenvalue weighted by Gasteiger charge is 2.22. The molecule has 0 unspecified atom stereocenters. The molecule has 0 bridgehead atoms. The first kappa shape index (κ1) is 15.9. The van der Waals surface area contributed by atoms with Gasteiger partial charge in [-0.1, -0.05) is 0 Å². The molecule has 0 aliphatic carbocycles. The molecule has 20 heavy (non-hydrogen) atoms. The molecule has 0 radical (unpaired) electrons. The lowest BCUT2D eigenvalue weighted by Gasteiger charge is -2.26. The Labute approximate surface area is 116 Å². The molecule has 0 aliphatic rings. The number of hydrogen-bond acceptors (Lipinski definition) is 6. The molecular weight excluding hydrogens is 264 g/mol. The number of aryl methyl sites for hydroxylation is 1. The van der Waals surface area contributed by atoms with Crippen molar-refractivity contribution in [2.24, 2.45) is 14.1 Å². The van der Waals surface area contributed by atoms with Gasteiger partial charge in [-0.15, -0.1) is 5.10 Å². The van der Waals surface area contributed by atoms with Crippen molar-refractivity contribution in [1.29, 1.82) is 0 Å². The van der Waals surface area contributed by atoms with Gasteiger partial charge in [0, 0.05) is 20.1 Å². The maximum Gasteiger partial charge on any atom is 0.346 e. The molecule has 0 saturated carbocycles. The van der Waals surface area contributed by atoms with Gasteiger partial charge in [-0.25, -0.2) is 9.48 Å². The Morgan fingerprint density at radius 2 is 1.95 bits per heavy atom. The summed E-state index contributed by atoms with van der Waals surface area (Å²) in [6, 6.07) is -0.142. The Morgan fingerprint density at radius 1 is 1.35 bits per heavy atom. The lowest BCUT2D eigenvalue weighted by Crippen LogP contribution is -2.46. The number of carbonyl (C=O) groups excluding carboxylic acids is 1. The largest absolute Gasteiger partial charge is 0.465 e. The van der Waals surface area contributed by atoms with E-state index in [-0.39, 0.29) is 25.0 Å². The molecule has 0 amide bonds. The Kier molecular flexibility index (Phi) is 5.06. The normalized spacial score (nSPS) is 10.7. The van der Waals surface area contributed by atoms with Crippen molar-refractivity contribution in [2.45, 2.75) is 26.8 Å². The summed E-state index contributed by atoms with van der Waals surface area (Å²) in [5, 5.41) is 3.96. The molecule has 8 heteroatoms. The highest BCUT2D eigenvalue weighted by molar-refractivity contribution is 5.75. The highest BCUT2D eigenvalue weighted by atomic mass is 16.5. The first-order chi connectivity index (χ1) is 9.29. The third-order valence-electron chi connectivity index (χ3n) is 2.80. The van der Waals surface area contributed by atoms with Gasteiger partial charge in [-0.05, 0) is 20.8 Å². The van der Waals surface area contributed by atoms with Gasteiger partial charge in [0.1, 0.15) is 6.54 Å². The number of ether oxygens (including phenoxy) is 1. The molecule has 0 N–H and O–H groups in total. The molecule has 112 valence electrons. The van der Waals surface area contributed by atoms with E-state index < -0.39 is 17.2 Å². The van der Waals surface area contributed by atoms with Crippen LogP contribution in [0.2, 0.25) is 0 Å². The topological polar surface area (TPSA) is 86.4 Å². The zero-order valence-corrected chi connectivity index (χ0v) is 12.4. The van der Waals surface area contributed by atoms with Crippen molar-refractivity contribution in [3.05, 3.63) is 20.8 Å². The van der Waals surface area contributed by atoms with Gasteiger partial charge in [0.2, 0.25) is 5.82 Å². The van der Waals surface area contributed by atoms with Crippen molar-refractivity contribution < 1.29 is 9.53 Å². The first-order valence-electron chi connectivity index (χ1n) is 6.36. The maximum atomic E-state index is 12.1. The smallest absolute Gasteiger partial charge is 0.346 e. The summed E-state index contributed by atoms with van der Waals surface area (Å²) in [6.45, 7) is 5.54. The van der Waals surface area contributed by atoms with Crippen LogP contribution in [0.25, 0.3) is 0 Å². The van der Waals surface area contributed by atoms with Crippen LogP contribution in [-0.4, -0.2) is 39.5 Å². The molecule has 0 spiro atoms. The number of rotatable bonds is 5. The van der Waals surface area contributed by atoms with E-state index in [1.54, 1.807) is 6.92 Å². The summed E-state index contributed by atoms with van der Waals surface area (Å²) in [7, 11) is 2.83. The minimum atomic E-state index is -0.536. The molecule has 8 nitrogen and oxygen atoms in total. The van der Waals surface area contributed by atoms with Crippen molar-refractivity contribution in [3.63, 3.8) is 0 Å². The van der Waals surface area contributed by atoms with E-state index in [0.29, 0.717) is 0 Å². The van der Waals surface area contributed by atoms with Gasteiger partial charge >= 0.3 is 11.7 Å². The lowest BCUT2D eigenvalue weighted by atomic mass is 10.3. The van der Waals surface area contributed by atoms with Gasteiger partial charge in [0.05, 0.1) is 6.61 Å². The number of carbonyl (C=O) groups is 1.